The van der Waals surface area contributed by atoms with Crippen molar-refractivity contribution in [2.45, 2.75) is 89.5 Å². The molecule has 1 heterocycles. The Bertz CT molecular complexity index is 627. The lowest BCUT2D eigenvalue weighted by Gasteiger charge is -2.54. The quantitative estimate of drug-likeness (QED) is 0.763. The molecule has 6 aliphatic rings. The first kappa shape index (κ1) is 18.7. The zero-order valence-electron chi connectivity index (χ0n) is 17.2. The van der Waals surface area contributed by atoms with Crippen LogP contribution in [0.2, 0.25) is 0 Å². The maximum absolute atomic E-state index is 12.8. The molecule has 5 aliphatic carbocycles. The standard InChI is InChI=1S/C24H36N2O2/c27-22(25-24-19-12-16-11-17(14-19)15-20(24)13-16)8-3-9-23(28)26-10-4-6-18-5-1-2-7-21(18)26/h7,16-20,24H,1-6,8-15H2,(H,25,27). The predicted octanol–water partition coefficient (Wildman–Crippen LogP) is 4.40. The van der Waals surface area contributed by atoms with Gasteiger partial charge in [0.1, 0.15) is 0 Å². The van der Waals surface area contributed by atoms with Gasteiger partial charge in [0.2, 0.25) is 11.8 Å². The van der Waals surface area contributed by atoms with Crippen molar-refractivity contribution in [2.24, 2.45) is 29.6 Å². The third-order valence-corrected chi connectivity index (χ3v) is 8.42. The van der Waals surface area contributed by atoms with Crippen LogP contribution in [-0.4, -0.2) is 29.3 Å². The molecule has 4 heteroatoms. The summed E-state index contributed by atoms with van der Waals surface area (Å²) in [5.41, 5.74) is 1.29. The Hall–Kier alpha value is -1.32. The molecule has 1 unspecified atom stereocenters. The van der Waals surface area contributed by atoms with E-state index in [1.54, 1.807) is 0 Å². The van der Waals surface area contributed by atoms with Gasteiger partial charge in [0.15, 0.2) is 0 Å². The summed E-state index contributed by atoms with van der Waals surface area (Å²) >= 11 is 0. The molecule has 28 heavy (non-hydrogen) atoms. The van der Waals surface area contributed by atoms with Crippen molar-refractivity contribution in [1.82, 2.24) is 10.2 Å². The minimum Gasteiger partial charge on any atom is -0.353 e. The van der Waals surface area contributed by atoms with Crippen molar-refractivity contribution in [3.8, 4) is 0 Å². The van der Waals surface area contributed by atoms with E-state index >= 15 is 0 Å². The van der Waals surface area contributed by atoms with Crippen LogP contribution in [0.25, 0.3) is 0 Å². The highest BCUT2D eigenvalue weighted by molar-refractivity contribution is 5.80. The number of nitrogens with zero attached hydrogens (tertiary/aromatic N) is 1. The minimum absolute atomic E-state index is 0.179. The topological polar surface area (TPSA) is 49.4 Å². The van der Waals surface area contributed by atoms with E-state index < -0.39 is 0 Å². The van der Waals surface area contributed by atoms with Crippen molar-refractivity contribution in [3.63, 3.8) is 0 Å². The van der Waals surface area contributed by atoms with E-state index in [0.717, 1.165) is 43.1 Å². The van der Waals surface area contributed by atoms with Gasteiger partial charge in [-0.1, -0.05) is 6.08 Å². The number of amides is 2. The Morgan fingerprint density at radius 3 is 2.43 bits per heavy atom. The molecule has 0 spiro atoms. The van der Waals surface area contributed by atoms with Crippen LogP contribution < -0.4 is 5.32 Å². The first-order valence-corrected chi connectivity index (χ1v) is 12.0. The SMILES string of the molecule is O=C(CCCC(=O)N1CCCC2CCCC=C21)NC1C2CC3CC(C2)CC1C3. The molecular weight excluding hydrogens is 348 g/mol. The Morgan fingerprint density at radius 1 is 0.964 bits per heavy atom. The second kappa shape index (κ2) is 7.84. The average Bonchev–Trinajstić information content (AvgIpc) is 2.69. The van der Waals surface area contributed by atoms with Crippen LogP contribution in [0.4, 0.5) is 0 Å². The fourth-order valence-corrected chi connectivity index (χ4v) is 7.40. The number of nitrogens with one attached hydrogen (secondary N) is 1. The molecule has 154 valence electrons. The number of allylic oxidation sites excluding steroid dienone is 2. The van der Waals surface area contributed by atoms with Crippen LogP contribution in [0.1, 0.15) is 83.5 Å². The Morgan fingerprint density at radius 2 is 1.68 bits per heavy atom. The molecule has 4 bridgehead atoms. The number of carbonyl (C=O) groups is 2. The van der Waals surface area contributed by atoms with Gasteiger partial charge < -0.3 is 10.2 Å². The fraction of sp³-hybridized carbons (Fsp3) is 0.833. The summed E-state index contributed by atoms with van der Waals surface area (Å²) in [6.07, 6.45) is 16.8. The molecule has 2 amide bonds. The van der Waals surface area contributed by atoms with Crippen molar-refractivity contribution >= 4 is 11.8 Å². The summed E-state index contributed by atoms with van der Waals surface area (Å²) in [7, 11) is 0. The van der Waals surface area contributed by atoms with Crippen molar-refractivity contribution in [2.75, 3.05) is 6.54 Å². The molecule has 1 N–H and O–H groups in total. The van der Waals surface area contributed by atoms with Crippen LogP contribution in [0.5, 0.6) is 0 Å². The van der Waals surface area contributed by atoms with Crippen LogP contribution in [-0.2, 0) is 9.59 Å². The van der Waals surface area contributed by atoms with Crippen molar-refractivity contribution in [3.05, 3.63) is 11.8 Å². The summed E-state index contributed by atoms with van der Waals surface area (Å²) in [4.78, 5) is 27.4. The first-order valence-electron chi connectivity index (χ1n) is 12.0. The lowest BCUT2D eigenvalue weighted by atomic mass is 9.54. The van der Waals surface area contributed by atoms with Crippen LogP contribution in [0.15, 0.2) is 11.8 Å². The van der Waals surface area contributed by atoms with Gasteiger partial charge in [0.25, 0.3) is 0 Å². The number of likely N-dealkylation sites (tertiary alicyclic amines) is 1. The molecule has 4 nitrogen and oxygen atoms in total. The summed E-state index contributed by atoms with van der Waals surface area (Å²) < 4.78 is 0. The molecule has 1 atom stereocenters. The number of carbonyl (C=O) groups excluding carboxylic acids is 2. The van der Waals surface area contributed by atoms with Gasteiger partial charge in [-0.15, -0.1) is 0 Å². The number of fused-ring (bicyclic) bond motifs is 1. The van der Waals surface area contributed by atoms with Gasteiger partial charge in [-0.05, 0) is 100 Å². The lowest BCUT2D eigenvalue weighted by Crippen LogP contribution is -2.55. The monoisotopic (exact) mass is 384 g/mol. The Balaban J connectivity index is 1.09. The number of rotatable bonds is 5. The van der Waals surface area contributed by atoms with Crippen LogP contribution in [0.3, 0.4) is 0 Å². The Kier molecular flexibility index (Phi) is 5.23. The van der Waals surface area contributed by atoms with Gasteiger partial charge >= 0.3 is 0 Å². The van der Waals surface area contributed by atoms with Gasteiger partial charge in [-0.2, -0.15) is 0 Å². The Labute approximate surface area is 169 Å². The lowest BCUT2D eigenvalue weighted by molar-refractivity contribution is -0.131. The van der Waals surface area contributed by atoms with E-state index in [2.05, 4.69) is 11.4 Å². The highest BCUT2D eigenvalue weighted by Crippen LogP contribution is 2.53. The van der Waals surface area contributed by atoms with Crippen molar-refractivity contribution < 1.29 is 9.59 Å². The highest BCUT2D eigenvalue weighted by atomic mass is 16.2. The molecule has 4 saturated carbocycles. The van der Waals surface area contributed by atoms with E-state index in [9.17, 15) is 9.59 Å². The second-order valence-electron chi connectivity index (χ2n) is 10.3. The molecule has 5 fully saturated rings. The summed E-state index contributed by atoms with van der Waals surface area (Å²) in [5.74, 6) is 4.35. The summed E-state index contributed by atoms with van der Waals surface area (Å²) in [5, 5.41) is 3.39. The zero-order valence-corrected chi connectivity index (χ0v) is 17.2. The maximum atomic E-state index is 12.8. The zero-order chi connectivity index (χ0) is 19.1. The molecule has 1 saturated heterocycles. The molecule has 0 aromatic carbocycles. The molecule has 0 radical (unpaired) electrons. The van der Waals surface area contributed by atoms with Gasteiger partial charge in [-0.3, -0.25) is 9.59 Å². The summed E-state index contributed by atoms with van der Waals surface area (Å²) in [6, 6.07) is 0.422. The summed E-state index contributed by atoms with van der Waals surface area (Å²) in [6.45, 7) is 0.876. The fourth-order valence-electron chi connectivity index (χ4n) is 7.40. The van der Waals surface area contributed by atoms with E-state index in [0.29, 0.717) is 31.2 Å². The molecule has 0 aromatic rings. The van der Waals surface area contributed by atoms with Crippen LogP contribution in [0, 0.1) is 29.6 Å². The molecule has 0 aromatic heterocycles. The molecular formula is C24H36N2O2. The van der Waals surface area contributed by atoms with Gasteiger partial charge in [0, 0.05) is 31.1 Å². The molecule has 1 aliphatic heterocycles. The maximum Gasteiger partial charge on any atom is 0.226 e. The number of piperidine rings is 1. The third-order valence-electron chi connectivity index (χ3n) is 8.42. The van der Waals surface area contributed by atoms with E-state index in [1.165, 1.54) is 57.1 Å². The molecule has 6 rings (SSSR count). The highest BCUT2D eigenvalue weighted by Gasteiger charge is 2.48. The van der Waals surface area contributed by atoms with Gasteiger partial charge in [-0.25, -0.2) is 0 Å². The third kappa shape index (κ3) is 3.64. The second-order valence-corrected chi connectivity index (χ2v) is 10.3. The number of hydrogen-bond donors (Lipinski definition) is 1. The van der Waals surface area contributed by atoms with E-state index in [1.807, 2.05) is 4.90 Å². The van der Waals surface area contributed by atoms with Crippen LogP contribution >= 0.6 is 0 Å². The average molecular weight is 385 g/mol. The number of hydrogen-bond acceptors (Lipinski definition) is 2. The first-order chi connectivity index (χ1) is 13.7. The normalized spacial score (nSPS) is 38.7. The van der Waals surface area contributed by atoms with Crippen molar-refractivity contribution in [1.29, 1.82) is 0 Å². The predicted molar refractivity (Wildman–Crippen MR) is 109 cm³/mol. The van der Waals surface area contributed by atoms with Gasteiger partial charge in [0.05, 0.1) is 0 Å². The smallest absolute Gasteiger partial charge is 0.226 e. The largest absolute Gasteiger partial charge is 0.353 e. The minimum atomic E-state index is 0.179. The van der Waals surface area contributed by atoms with E-state index in [-0.39, 0.29) is 11.8 Å². The van der Waals surface area contributed by atoms with E-state index in [4.69, 9.17) is 0 Å².